The van der Waals surface area contributed by atoms with Crippen molar-refractivity contribution in [3.05, 3.63) is 84.4 Å². The van der Waals surface area contributed by atoms with Crippen molar-refractivity contribution in [2.24, 2.45) is 0 Å². The van der Waals surface area contributed by atoms with Gasteiger partial charge in [-0.15, -0.1) is 0 Å². The van der Waals surface area contributed by atoms with Gasteiger partial charge in [0.2, 0.25) is 0 Å². The van der Waals surface area contributed by atoms with Crippen molar-refractivity contribution < 1.29 is 14.3 Å². The fourth-order valence-corrected chi connectivity index (χ4v) is 3.96. The third-order valence-corrected chi connectivity index (χ3v) is 5.59. The Hall–Kier alpha value is -3.58. The van der Waals surface area contributed by atoms with E-state index in [0.29, 0.717) is 31.7 Å². The Morgan fingerprint density at radius 2 is 1.81 bits per heavy atom. The first-order chi connectivity index (χ1) is 15.6. The molecule has 7 nitrogen and oxygen atoms in total. The topological polar surface area (TPSA) is 84.4 Å². The molecule has 1 N–H and O–H groups in total. The van der Waals surface area contributed by atoms with E-state index in [0.717, 1.165) is 16.7 Å². The van der Waals surface area contributed by atoms with Crippen LogP contribution in [-0.4, -0.2) is 58.5 Å². The molecule has 1 aliphatic rings. The van der Waals surface area contributed by atoms with Crippen LogP contribution in [0.5, 0.6) is 0 Å². The minimum absolute atomic E-state index is 0.128. The van der Waals surface area contributed by atoms with Gasteiger partial charge in [-0.25, -0.2) is 0 Å². The van der Waals surface area contributed by atoms with Gasteiger partial charge < -0.3 is 15.0 Å². The molecule has 1 unspecified atom stereocenters. The van der Waals surface area contributed by atoms with Gasteiger partial charge in [-0.1, -0.05) is 30.3 Å². The SMILES string of the molecule is CCNC(=O)C1(Cc2ccc(-c3cccnc3)cc2)CN(C(=O)c2ccncc2)CCO1. The lowest BCUT2D eigenvalue weighted by atomic mass is 9.90. The lowest BCUT2D eigenvalue weighted by Gasteiger charge is -2.41. The highest BCUT2D eigenvalue weighted by Gasteiger charge is 2.45. The number of hydrogen-bond acceptors (Lipinski definition) is 5. The summed E-state index contributed by atoms with van der Waals surface area (Å²) in [6.45, 7) is 3.27. The van der Waals surface area contributed by atoms with Crippen LogP contribution in [0.4, 0.5) is 0 Å². The van der Waals surface area contributed by atoms with E-state index >= 15 is 0 Å². The number of rotatable bonds is 6. The van der Waals surface area contributed by atoms with Crippen molar-refractivity contribution in [1.29, 1.82) is 0 Å². The predicted octanol–water partition coefficient (Wildman–Crippen LogP) is 2.73. The molecule has 0 bridgehead atoms. The Bertz CT molecular complexity index is 1060. The zero-order valence-electron chi connectivity index (χ0n) is 18.0. The summed E-state index contributed by atoms with van der Waals surface area (Å²) in [6, 6.07) is 15.3. The summed E-state index contributed by atoms with van der Waals surface area (Å²) in [7, 11) is 0. The van der Waals surface area contributed by atoms with Crippen LogP contribution >= 0.6 is 0 Å². The van der Waals surface area contributed by atoms with Gasteiger partial charge in [-0.3, -0.25) is 19.6 Å². The molecule has 1 saturated heterocycles. The highest BCUT2D eigenvalue weighted by atomic mass is 16.5. The molecule has 0 saturated carbocycles. The highest BCUT2D eigenvalue weighted by Crippen LogP contribution is 2.27. The first kappa shape index (κ1) is 21.6. The summed E-state index contributed by atoms with van der Waals surface area (Å²) in [5.74, 6) is -0.333. The number of nitrogens with one attached hydrogen (secondary N) is 1. The maximum atomic E-state index is 13.1. The third kappa shape index (κ3) is 4.68. The number of likely N-dealkylation sites (N-methyl/N-ethyl adjacent to an activating group) is 1. The Kier molecular flexibility index (Phi) is 6.56. The van der Waals surface area contributed by atoms with Gasteiger partial charge in [0.05, 0.1) is 13.2 Å². The average Bonchev–Trinajstić information content (AvgIpc) is 2.85. The average molecular weight is 431 g/mol. The van der Waals surface area contributed by atoms with Gasteiger partial charge in [0, 0.05) is 49.9 Å². The summed E-state index contributed by atoms with van der Waals surface area (Å²) < 4.78 is 6.09. The van der Waals surface area contributed by atoms with Crippen molar-refractivity contribution in [3.63, 3.8) is 0 Å². The standard InChI is InChI=1S/C25H26N4O3/c1-2-28-24(31)25(16-19-5-7-20(8-6-19)22-4-3-11-27-17-22)18-29(14-15-32-25)23(30)21-9-12-26-13-10-21/h3-13,17H,2,14-16,18H2,1H3,(H,28,31). The Morgan fingerprint density at radius 1 is 1.03 bits per heavy atom. The van der Waals surface area contributed by atoms with Crippen molar-refractivity contribution >= 4 is 11.8 Å². The highest BCUT2D eigenvalue weighted by molar-refractivity contribution is 5.95. The van der Waals surface area contributed by atoms with Crippen LogP contribution < -0.4 is 5.32 Å². The van der Waals surface area contributed by atoms with Crippen LogP contribution in [0.3, 0.4) is 0 Å². The number of nitrogens with zero attached hydrogens (tertiary/aromatic N) is 3. The minimum Gasteiger partial charge on any atom is -0.361 e. The minimum atomic E-state index is -1.15. The van der Waals surface area contributed by atoms with Crippen LogP contribution in [-0.2, 0) is 16.0 Å². The summed E-state index contributed by atoms with van der Waals surface area (Å²) >= 11 is 0. The molecular formula is C25H26N4O3. The van der Waals surface area contributed by atoms with E-state index in [-0.39, 0.29) is 18.4 Å². The predicted molar refractivity (Wildman–Crippen MR) is 121 cm³/mol. The van der Waals surface area contributed by atoms with Gasteiger partial charge in [0.1, 0.15) is 0 Å². The summed E-state index contributed by atoms with van der Waals surface area (Å²) in [5, 5.41) is 2.89. The third-order valence-electron chi connectivity index (χ3n) is 5.59. The molecule has 1 aliphatic heterocycles. The fourth-order valence-electron chi connectivity index (χ4n) is 3.96. The number of ether oxygens (including phenoxy) is 1. The van der Waals surface area contributed by atoms with E-state index in [1.54, 1.807) is 35.6 Å². The van der Waals surface area contributed by atoms with Crippen molar-refractivity contribution in [3.8, 4) is 11.1 Å². The number of benzene rings is 1. The summed E-state index contributed by atoms with van der Waals surface area (Å²) in [4.78, 5) is 36.0. The zero-order valence-corrected chi connectivity index (χ0v) is 18.0. The van der Waals surface area contributed by atoms with Crippen molar-refractivity contribution in [2.45, 2.75) is 18.9 Å². The van der Waals surface area contributed by atoms with Gasteiger partial charge >= 0.3 is 0 Å². The number of amides is 2. The normalized spacial score (nSPS) is 18.2. The van der Waals surface area contributed by atoms with Crippen molar-refractivity contribution in [2.75, 3.05) is 26.2 Å². The maximum Gasteiger partial charge on any atom is 0.254 e. The van der Waals surface area contributed by atoms with Crippen LogP contribution in [0.1, 0.15) is 22.8 Å². The second-order valence-electron chi connectivity index (χ2n) is 7.78. The fraction of sp³-hybridized carbons (Fsp3) is 0.280. The molecule has 0 radical (unpaired) electrons. The molecule has 3 aromatic rings. The van der Waals surface area contributed by atoms with E-state index in [4.69, 9.17) is 4.74 Å². The zero-order chi connectivity index (χ0) is 22.4. The number of hydrogen-bond donors (Lipinski definition) is 1. The summed E-state index contributed by atoms with van der Waals surface area (Å²) in [6.07, 6.45) is 7.11. The summed E-state index contributed by atoms with van der Waals surface area (Å²) in [5.41, 5.74) is 2.44. The molecule has 4 rings (SSSR count). The first-order valence-corrected chi connectivity index (χ1v) is 10.7. The largest absolute Gasteiger partial charge is 0.361 e. The maximum absolute atomic E-state index is 13.1. The molecule has 0 aliphatic carbocycles. The molecular weight excluding hydrogens is 404 g/mol. The smallest absolute Gasteiger partial charge is 0.254 e. The Labute approximate surface area is 187 Å². The van der Waals surface area contributed by atoms with E-state index < -0.39 is 5.60 Å². The molecule has 1 aromatic carbocycles. The molecule has 1 atom stereocenters. The number of aromatic nitrogens is 2. The second kappa shape index (κ2) is 9.70. The molecule has 1 fully saturated rings. The lowest BCUT2D eigenvalue weighted by Crippen LogP contribution is -2.62. The van der Waals surface area contributed by atoms with Gasteiger partial charge in [-0.05, 0) is 41.8 Å². The van der Waals surface area contributed by atoms with Gasteiger partial charge in [0.15, 0.2) is 5.60 Å². The van der Waals surface area contributed by atoms with Crippen LogP contribution in [0.15, 0.2) is 73.3 Å². The van der Waals surface area contributed by atoms with Crippen LogP contribution in [0, 0.1) is 0 Å². The molecule has 3 heterocycles. The molecule has 2 amide bonds. The van der Waals surface area contributed by atoms with E-state index in [9.17, 15) is 9.59 Å². The van der Waals surface area contributed by atoms with Gasteiger partial charge in [0.25, 0.3) is 11.8 Å². The van der Waals surface area contributed by atoms with E-state index in [1.165, 1.54) is 0 Å². The Morgan fingerprint density at radius 3 is 2.50 bits per heavy atom. The van der Waals surface area contributed by atoms with Crippen molar-refractivity contribution in [1.82, 2.24) is 20.2 Å². The number of carbonyl (C=O) groups excluding carboxylic acids is 2. The number of pyridine rings is 2. The molecule has 2 aromatic heterocycles. The molecule has 0 spiro atoms. The van der Waals surface area contributed by atoms with E-state index in [2.05, 4.69) is 15.3 Å². The van der Waals surface area contributed by atoms with Crippen LogP contribution in [0.25, 0.3) is 11.1 Å². The Balaban J connectivity index is 1.57. The van der Waals surface area contributed by atoms with E-state index in [1.807, 2.05) is 49.5 Å². The lowest BCUT2D eigenvalue weighted by molar-refractivity contribution is -0.157. The molecule has 164 valence electrons. The van der Waals surface area contributed by atoms with Gasteiger partial charge in [-0.2, -0.15) is 0 Å². The first-order valence-electron chi connectivity index (χ1n) is 10.7. The van der Waals surface area contributed by atoms with Crippen LogP contribution in [0.2, 0.25) is 0 Å². The second-order valence-corrected chi connectivity index (χ2v) is 7.78. The molecule has 7 heteroatoms. The number of carbonyl (C=O) groups is 2. The number of morpholine rings is 1. The quantitative estimate of drug-likeness (QED) is 0.650. The monoisotopic (exact) mass is 430 g/mol. The molecule has 32 heavy (non-hydrogen) atoms.